The number of hydrogen-bond acceptors (Lipinski definition) is 15. The molecule has 0 aliphatic carbocycles. The lowest BCUT2D eigenvalue weighted by molar-refractivity contribution is -0.368. The van der Waals surface area contributed by atoms with Gasteiger partial charge in [-0.3, -0.25) is 0 Å². The van der Waals surface area contributed by atoms with Crippen LogP contribution in [0, 0.1) is 5.41 Å². The average molecular weight is 1220 g/mol. The maximum atomic E-state index is 5.95. The molecule has 0 amide bonds. The summed E-state index contributed by atoms with van der Waals surface area (Å²) in [7, 11) is 10.1. The normalized spacial score (nSPS) is 11.3. The molecule has 0 fully saturated rings. The van der Waals surface area contributed by atoms with Crippen LogP contribution in [0.5, 0.6) is 0 Å². The minimum atomic E-state index is -0.590. The minimum Gasteiger partial charge on any atom is -0.348 e. The van der Waals surface area contributed by atoms with E-state index in [0.29, 0.717) is 26.2 Å². The molecule has 6 rings (SSSR count). The first-order valence-corrected chi connectivity index (χ1v) is 34.3. The topological polar surface area (TPSA) is 65.1 Å². The van der Waals surface area contributed by atoms with E-state index >= 15 is 0 Å². The monoisotopic (exact) mass is 1220 g/mol. The highest BCUT2D eigenvalue weighted by molar-refractivity contribution is 8.84. The molecule has 18 heteroatoms. The van der Waals surface area contributed by atoms with Gasteiger partial charge in [-0.25, -0.2) is 29.3 Å². The second-order valence-electron chi connectivity index (χ2n) is 18.2. The van der Waals surface area contributed by atoms with Crippen LogP contribution in [-0.4, -0.2) is 84.6 Å². The lowest BCUT2D eigenvalue weighted by Gasteiger charge is -2.30. The highest BCUT2D eigenvalue weighted by Gasteiger charge is 2.32. The predicted octanol–water partition coefficient (Wildman–Crippen LogP) is 16.5. The van der Waals surface area contributed by atoms with Gasteiger partial charge >= 0.3 is 0 Å². The van der Waals surface area contributed by atoms with Gasteiger partial charge in [0.2, 0.25) is 0 Å². The molecule has 0 aliphatic heterocycles. The van der Waals surface area contributed by atoms with Gasteiger partial charge in [-0.15, -0.1) is 0 Å². The van der Waals surface area contributed by atoms with Gasteiger partial charge in [0, 0.05) is 61.9 Å². The van der Waals surface area contributed by atoms with Crippen molar-refractivity contribution in [2.75, 3.05) is 56.9 Å². The van der Waals surface area contributed by atoms with E-state index in [0.717, 1.165) is 88.8 Å². The summed E-state index contributed by atoms with van der Waals surface area (Å²) in [4.78, 5) is 41.7. The molecule has 0 radical (unpaired) electrons. The quantitative estimate of drug-likeness (QED) is 0.0122. The standard InChI is InChI=1S/C60H71N3O6S9/c1-2-60(48-67-64-36-21-39-73-76-57(70)61(42-51-24-9-3-10-25-51)43-52-26-11-4-12-27-52,49-68-65-37-22-40-74-77-58(71)62(44-53-28-13-5-14-29-53)45-54-30-15-6-16-31-54)50-69-66-38-23-41-75-78-59(72)63(46-55-32-17-7-18-33-55)47-56-34-19-8-20-35-56/h3-20,24-35H,2,21-23,36-50H2,1H3. The molecule has 0 aromatic heterocycles. The number of rotatable bonds is 37. The lowest BCUT2D eigenvalue weighted by atomic mass is 9.88. The summed E-state index contributed by atoms with van der Waals surface area (Å²) in [5.41, 5.74) is 6.76. The fourth-order valence-corrected chi connectivity index (χ4v) is 14.8. The van der Waals surface area contributed by atoms with Crippen molar-refractivity contribution in [3.8, 4) is 0 Å². The Labute approximate surface area is 503 Å². The van der Waals surface area contributed by atoms with E-state index in [1.165, 1.54) is 33.4 Å². The molecule has 0 atom stereocenters. The van der Waals surface area contributed by atoms with Crippen LogP contribution >= 0.6 is 101 Å². The third kappa shape index (κ3) is 26.2. The van der Waals surface area contributed by atoms with E-state index in [2.05, 4.69) is 167 Å². The second-order valence-corrected chi connectivity index (χ2v) is 27.3. The van der Waals surface area contributed by atoms with Gasteiger partial charge in [-0.1, -0.05) is 258 Å². The SMILES string of the molecule is CCC(COOCCCSSC(=S)N(Cc1ccccc1)Cc1ccccc1)(COOCCCSSC(=S)N(Cc1ccccc1)Cc1ccccc1)COOCCCSSC(=S)N(Cc1ccccc1)Cc1ccccc1. The molecule has 0 aliphatic rings. The molecule has 9 nitrogen and oxygen atoms in total. The Balaban J connectivity index is 0.914. The number of nitrogens with zero attached hydrogens (tertiary/aromatic N) is 3. The Morgan fingerprint density at radius 3 is 0.769 bits per heavy atom. The van der Waals surface area contributed by atoms with Crippen LogP contribution in [0.1, 0.15) is 66.0 Å². The smallest absolute Gasteiger partial charge is 0.147 e. The molecular weight excluding hydrogens is 1150 g/mol. The highest BCUT2D eigenvalue weighted by Crippen LogP contribution is 2.31. The summed E-state index contributed by atoms with van der Waals surface area (Å²) in [6.45, 7) is 8.55. The van der Waals surface area contributed by atoms with Crippen molar-refractivity contribution in [1.82, 2.24) is 14.7 Å². The van der Waals surface area contributed by atoms with Crippen molar-refractivity contribution in [3.05, 3.63) is 215 Å². The van der Waals surface area contributed by atoms with Gasteiger partial charge in [0.1, 0.15) is 13.0 Å². The van der Waals surface area contributed by atoms with Crippen LogP contribution in [0.15, 0.2) is 182 Å². The van der Waals surface area contributed by atoms with E-state index < -0.39 is 5.41 Å². The highest BCUT2D eigenvalue weighted by atomic mass is 33.1. The Morgan fingerprint density at radius 2 is 0.564 bits per heavy atom. The van der Waals surface area contributed by atoms with E-state index in [1.807, 2.05) is 36.4 Å². The molecule has 0 saturated heterocycles. The molecule has 78 heavy (non-hydrogen) atoms. The van der Waals surface area contributed by atoms with Gasteiger partial charge in [-0.05, 0) is 91.4 Å². The summed E-state index contributed by atoms with van der Waals surface area (Å²) >= 11 is 17.8. The fourth-order valence-electron chi connectivity index (χ4n) is 7.45. The summed E-state index contributed by atoms with van der Waals surface area (Å²) in [6.07, 6.45) is 3.03. The third-order valence-electron chi connectivity index (χ3n) is 11.9. The van der Waals surface area contributed by atoms with Crippen LogP contribution in [0.2, 0.25) is 0 Å². The summed E-state index contributed by atoms with van der Waals surface area (Å²) in [6, 6.07) is 62.7. The molecule has 6 aromatic rings. The molecule has 0 N–H and O–H groups in total. The fraction of sp³-hybridized carbons (Fsp3) is 0.350. The zero-order chi connectivity index (χ0) is 54.6. The molecular formula is C60H71N3O6S9. The van der Waals surface area contributed by atoms with Crippen molar-refractivity contribution >= 4 is 114 Å². The number of thiocarbonyl (C=S) groups is 3. The Bertz CT molecular complexity index is 2140. The summed E-state index contributed by atoms with van der Waals surface area (Å²) in [5.74, 6) is 2.53. The Kier molecular flexibility index (Phi) is 32.3. The van der Waals surface area contributed by atoms with Crippen LogP contribution < -0.4 is 0 Å². The molecule has 0 unspecified atom stereocenters. The maximum absolute atomic E-state index is 5.95. The lowest BCUT2D eigenvalue weighted by Crippen LogP contribution is -2.37. The van der Waals surface area contributed by atoms with E-state index in [1.54, 1.807) is 64.8 Å². The zero-order valence-corrected chi connectivity index (χ0v) is 51.6. The van der Waals surface area contributed by atoms with Gasteiger partial charge in [0.15, 0.2) is 0 Å². The largest absolute Gasteiger partial charge is 0.348 e. The van der Waals surface area contributed by atoms with Crippen LogP contribution in [-0.2, 0) is 68.6 Å². The summed E-state index contributed by atoms with van der Waals surface area (Å²) in [5, 5.41) is 0. The number of benzene rings is 6. The first-order valence-electron chi connectivity index (χ1n) is 26.1. The van der Waals surface area contributed by atoms with E-state index in [4.69, 9.17) is 66.0 Å². The second kappa shape index (κ2) is 39.3. The van der Waals surface area contributed by atoms with E-state index in [-0.39, 0.29) is 19.8 Å². The number of hydrogen-bond donors (Lipinski definition) is 0. The van der Waals surface area contributed by atoms with Crippen LogP contribution in [0.4, 0.5) is 0 Å². The van der Waals surface area contributed by atoms with Gasteiger partial charge in [0.05, 0.1) is 39.6 Å². The van der Waals surface area contributed by atoms with Gasteiger partial charge < -0.3 is 14.7 Å². The Hall–Kier alpha value is -3.15. The Morgan fingerprint density at radius 1 is 0.346 bits per heavy atom. The van der Waals surface area contributed by atoms with Crippen molar-refractivity contribution in [1.29, 1.82) is 0 Å². The van der Waals surface area contributed by atoms with Crippen molar-refractivity contribution in [2.24, 2.45) is 5.41 Å². The minimum absolute atomic E-state index is 0.231. The van der Waals surface area contributed by atoms with Crippen molar-refractivity contribution < 1.29 is 29.3 Å². The molecule has 416 valence electrons. The van der Waals surface area contributed by atoms with Crippen LogP contribution in [0.3, 0.4) is 0 Å². The molecule has 0 saturated carbocycles. The van der Waals surface area contributed by atoms with Crippen molar-refractivity contribution in [2.45, 2.75) is 71.9 Å². The van der Waals surface area contributed by atoms with Gasteiger partial charge in [0.25, 0.3) is 0 Å². The van der Waals surface area contributed by atoms with Gasteiger partial charge in [-0.2, -0.15) is 0 Å². The molecule has 6 aromatic carbocycles. The third-order valence-corrected chi connectivity index (χ3v) is 21.3. The zero-order valence-electron chi connectivity index (χ0n) is 44.2. The molecule has 0 heterocycles. The summed E-state index contributed by atoms with van der Waals surface area (Å²) < 4.78 is 2.56. The molecule has 0 spiro atoms. The first kappa shape index (κ1) is 64.0. The maximum Gasteiger partial charge on any atom is 0.147 e. The predicted molar refractivity (Wildman–Crippen MR) is 347 cm³/mol. The molecule has 0 bridgehead atoms. The van der Waals surface area contributed by atoms with Crippen LogP contribution in [0.25, 0.3) is 0 Å². The van der Waals surface area contributed by atoms with E-state index in [9.17, 15) is 0 Å². The first-order chi connectivity index (χ1) is 38.4. The van der Waals surface area contributed by atoms with Crippen molar-refractivity contribution in [3.63, 3.8) is 0 Å². The average Bonchev–Trinajstić information content (AvgIpc) is 3.48.